The van der Waals surface area contributed by atoms with Gasteiger partial charge in [-0.15, -0.1) is 0 Å². The molecule has 21 heavy (non-hydrogen) atoms. The molecule has 0 radical (unpaired) electrons. The normalized spacial score (nSPS) is 16.6. The van der Waals surface area contributed by atoms with Gasteiger partial charge in [-0.25, -0.2) is 4.98 Å². The lowest BCUT2D eigenvalue weighted by molar-refractivity contribution is 0.0979. The molecule has 2 aromatic rings. The summed E-state index contributed by atoms with van der Waals surface area (Å²) in [6, 6.07) is 7.50. The highest BCUT2D eigenvalue weighted by atomic mass is 16.4. The summed E-state index contributed by atoms with van der Waals surface area (Å²) >= 11 is 0. The van der Waals surface area contributed by atoms with Gasteiger partial charge in [-0.05, 0) is 18.9 Å². The smallest absolute Gasteiger partial charge is 0.276 e. The number of nitrogens with zero attached hydrogens (tertiary/aromatic N) is 4. The average molecular weight is 284 g/mol. The molecular formula is C15H16N4O2. The third-order valence-electron chi connectivity index (χ3n) is 3.70. The van der Waals surface area contributed by atoms with E-state index in [0.29, 0.717) is 24.4 Å². The second-order valence-corrected chi connectivity index (χ2v) is 5.01. The van der Waals surface area contributed by atoms with Crippen LogP contribution in [0.25, 0.3) is 0 Å². The first-order valence-corrected chi connectivity index (χ1v) is 6.81. The number of hydrogen-bond acceptors (Lipinski definition) is 4. The molecule has 0 fully saturated rings. The van der Waals surface area contributed by atoms with Gasteiger partial charge in [0.2, 0.25) is 0 Å². The monoisotopic (exact) mass is 284 g/mol. The maximum absolute atomic E-state index is 12.8. The molecule has 0 aliphatic carbocycles. The molecule has 108 valence electrons. The molecule has 0 saturated heterocycles. The van der Waals surface area contributed by atoms with Gasteiger partial charge in [0.15, 0.2) is 0 Å². The third kappa shape index (κ3) is 2.29. The molecule has 6 nitrogen and oxygen atoms in total. The maximum atomic E-state index is 12.8. The SMILES string of the molecule is Cn1cncc1C(=O)N1CCC/C(=N/O)c2ccccc21. The lowest BCUT2D eigenvalue weighted by atomic mass is 10.1. The van der Waals surface area contributed by atoms with Crippen molar-refractivity contribution >= 4 is 17.3 Å². The highest BCUT2D eigenvalue weighted by Crippen LogP contribution is 2.27. The fourth-order valence-corrected chi connectivity index (χ4v) is 2.63. The molecule has 1 aromatic carbocycles. The van der Waals surface area contributed by atoms with E-state index >= 15 is 0 Å². The number of rotatable bonds is 1. The lowest BCUT2D eigenvalue weighted by Crippen LogP contribution is -2.33. The average Bonchev–Trinajstić information content (AvgIpc) is 2.84. The van der Waals surface area contributed by atoms with Crippen LogP contribution in [0.15, 0.2) is 41.9 Å². The van der Waals surface area contributed by atoms with Gasteiger partial charge in [0, 0.05) is 19.2 Å². The van der Waals surface area contributed by atoms with Gasteiger partial charge in [-0.1, -0.05) is 23.4 Å². The van der Waals surface area contributed by atoms with Crippen LogP contribution in [0.2, 0.25) is 0 Å². The highest BCUT2D eigenvalue weighted by Gasteiger charge is 2.26. The van der Waals surface area contributed by atoms with E-state index in [4.69, 9.17) is 0 Å². The maximum Gasteiger partial charge on any atom is 0.276 e. The minimum atomic E-state index is -0.0957. The van der Waals surface area contributed by atoms with Gasteiger partial charge in [0.25, 0.3) is 5.91 Å². The standard InChI is InChI=1S/C15H16N4O2/c1-18-10-16-9-14(18)15(20)19-8-4-6-12(17-21)11-5-2-3-7-13(11)19/h2-3,5,7,9-10,21H,4,6,8H2,1H3/b17-12-. The van der Waals surface area contributed by atoms with E-state index in [1.165, 1.54) is 0 Å². The first-order valence-electron chi connectivity index (χ1n) is 6.81. The number of fused-ring (bicyclic) bond motifs is 1. The van der Waals surface area contributed by atoms with Crippen molar-refractivity contribution < 1.29 is 10.0 Å². The van der Waals surface area contributed by atoms with Crippen molar-refractivity contribution in [1.82, 2.24) is 9.55 Å². The van der Waals surface area contributed by atoms with Crippen molar-refractivity contribution in [3.63, 3.8) is 0 Å². The van der Waals surface area contributed by atoms with Crippen LogP contribution in [0.3, 0.4) is 0 Å². The van der Waals surface area contributed by atoms with Gasteiger partial charge in [-0.3, -0.25) is 4.79 Å². The Hall–Kier alpha value is -2.63. The number of anilines is 1. The summed E-state index contributed by atoms with van der Waals surface area (Å²) in [6.07, 6.45) is 4.56. The molecule has 1 amide bonds. The van der Waals surface area contributed by atoms with Crippen LogP contribution in [-0.2, 0) is 7.05 Å². The Morgan fingerprint density at radius 3 is 2.90 bits per heavy atom. The van der Waals surface area contributed by atoms with Crippen molar-refractivity contribution in [2.24, 2.45) is 12.2 Å². The molecule has 0 unspecified atom stereocenters. The Labute approximate surface area is 122 Å². The summed E-state index contributed by atoms with van der Waals surface area (Å²) < 4.78 is 1.71. The number of aromatic nitrogens is 2. The van der Waals surface area contributed by atoms with Crippen molar-refractivity contribution in [1.29, 1.82) is 0 Å². The fraction of sp³-hybridized carbons (Fsp3) is 0.267. The van der Waals surface area contributed by atoms with E-state index in [1.54, 1.807) is 29.0 Å². The second-order valence-electron chi connectivity index (χ2n) is 5.01. The third-order valence-corrected chi connectivity index (χ3v) is 3.70. The molecule has 3 rings (SSSR count). The lowest BCUT2D eigenvalue weighted by Gasteiger charge is -2.22. The Bertz CT molecular complexity index is 705. The number of carbonyl (C=O) groups excluding carboxylic acids is 1. The zero-order valence-corrected chi connectivity index (χ0v) is 11.7. The minimum absolute atomic E-state index is 0.0957. The molecule has 1 aliphatic rings. The molecule has 1 aliphatic heterocycles. The Morgan fingerprint density at radius 2 is 2.19 bits per heavy atom. The number of aryl methyl sites for hydroxylation is 1. The Balaban J connectivity index is 2.07. The summed E-state index contributed by atoms with van der Waals surface area (Å²) in [4.78, 5) is 18.5. The first-order chi connectivity index (χ1) is 10.2. The molecule has 2 heterocycles. The molecule has 6 heteroatoms. The van der Waals surface area contributed by atoms with E-state index in [0.717, 1.165) is 17.7 Å². The zero-order chi connectivity index (χ0) is 14.8. The summed E-state index contributed by atoms with van der Waals surface area (Å²) in [7, 11) is 1.80. The first kappa shape index (κ1) is 13.4. The predicted octanol–water partition coefficient (Wildman–Crippen LogP) is 2.04. The summed E-state index contributed by atoms with van der Waals surface area (Å²) in [5, 5.41) is 12.6. The number of imidazole rings is 1. The van der Waals surface area contributed by atoms with E-state index in [9.17, 15) is 10.0 Å². The van der Waals surface area contributed by atoms with Gasteiger partial charge < -0.3 is 14.7 Å². The quantitative estimate of drug-likeness (QED) is 0.643. The molecule has 0 spiro atoms. The van der Waals surface area contributed by atoms with Gasteiger partial charge in [-0.2, -0.15) is 0 Å². The van der Waals surface area contributed by atoms with Crippen molar-refractivity contribution in [3.05, 3.63) is 48.0 Å². The van der Waals surface area contributed by atoms with Crippen LogP contribution in [0.5, 0.6) is 0 Å². The minimum Gasteiger partial charge on any atom is -0.411 e. The zero-order valence-electron chi connectivity index (χ0n) is 11.7. The van der Waals surface area contributed by atoms with Gasteiger partial charge >= 0.3 is 0 Å². The van der Waals surface area contributed by atoms with Crippen LogP contribution < -0.4 is 4.90 Å². The topological polar surface area (TPSA) is 70.7 Å². The molecule has 0 atom stereocenters. The van der Waals surface area contributed by atoms with E-state index in [1.807, 2.05) is 24.3 Å². The number of amides is 1. The van der Waals surface area contributed by atoms with Gasteiger partial charge in [0.05, 0.1) is 23.9 Å². The number of carbonyl (C=O) groups is 1. The van der Waals surface area contributed by atoms with E-state index < -0.39 is 0 Å². The largest absolute Gasteiger partial charge is 0.411 e. The van der Waals surface area contributed by atoms with Crippen molar-refractivity contribution in [2.45, 2.75) is 12.8 Å². The molecule has 0 saturated carbocycles. The van der Waals surface area contributed by atoms with Crippen LogP contribution in [0.1, 0.15) is 28.9 Å². The highest BCUT2D eigenvalue weighted by molar-refractivity contribution is 6.12. The van der Waals surface area contributed by atoms with Crippen LogP contribution in [-0.4, -0.2) is 32.9 Å². The van der Waals surface area contributed by atoms with E-state index in [-0.39, 0.29) is 5.91 Å². The summed E-state index contributed by atoms with van der Waals surface area (Å²) in [6.45, 7) is 0.583. The Kier molecular flexibility index (Phi) is 3.43. The van der Waals surface area contributed by atoms with Crippen LogP contribution in [0.4, 0.5) is 5.69 Å². The molecule has 0 bridgehead atoms. The molecule has 1 N–H and O–H groups in total. The summed E-state index contributed by atoms with van der Waals surface area (Å²) in [5.74, 6) is -0.0957. The molecular weight excluding hydrogens is 268 g/mol. The van der Waals surface area contributed by atoms with Crippen LogP contribution >= 0.6 is 0 Å². The summed E-state index contributed by atoms with van der Waals surface area (Å²) in [5.41, 5.74) is 2.72. The number of para-hydroxylation sites is 1. The number of benzene rings is 1. The second kappa shape index (κ2) is 5.40. The van der Waals surface area contributed by atoms with E-state index in [2.05, 4.69) is 10.1 Å². The number of oxime groups is 1. The number of hydrogen-bond donors (Lipinski definition) is 1. The Morgan fingerprint density at radius 1 is 1.38 bits per heavy atom. The fourth-order valence-electron chi connectivity index (χ4n) is 2.63. The van der Waals surface area contributed by atoms with Crippen LogP contribution in [0, 0.1) is 0 Å². The predicted molar refractivity (Wildman–Crippen MR) is 78.9 cm³/mol. The van der Waals surface area contributed by atoms with Crippen molar-refractivity contribution in [3.8, 4) is 0 Å². The van der Waals surface area contributed by atoms with Crippen molar-refractivity contribution in [2.75, 3.05) is 11.4 Å². The van der Waals surface area contributed by atoms with Gasteiger partial charge in [0.1, 0.15) is 5.69 Å². The molecule has 1 aromatic heterocycles.